The van der Waals surface area contributed by atoms with Gasteiger partial charge >= 0.3 is 5.97 Å². The number of oxime groups is 1. The number of hydrogen-bond acceptors (Lipinski definition) is 6. The molecule has 2 aliphatic heterocycles. The molecule has 1 spiro atoms. The van der Waals surface area contributed by atoms with E-state index in [2.05, 4.69) is 10.5 Å². The maximum Gasteiger partial charge on any atom is 0.326 e. The van der Waals surface area contributed by atoms with Gasteiger partial charge in [0.2, 0.25) is 11.8 Å². The predicted molar refractivity (Wildman–Crippen MR) is 152 cm³/mol. The number of nitrogens with one attached hydrogen (secondary N) is 1. The summed E-state index contributed by atoms with van der Waals surface area (Å²) in [5, 5.41) is 17.4. The van der Waals surface area contributed by atoms with E-state index >= 15 is 0 Å². The summed E-state index contributed by atoms with van der Waals surface area (Å²) in [5.41, 5.74) is 2.68. The van der Waals surface area contributed by atoms with Crippen molar-refractivity contribution in [3.05, 3.63) is 28.8 Å². The number of likely N-dealkylation sites (tertiary alicyclic amines) is 1. The van der Waals surface area contributed by atoms with Crippen LogP contribution in [0.1, 0.15) is 95.8 Å². The Morgan fingerprint density at radius 3 is 2.35 bits per heavy atom. The molecule has 0 radical (unpaired) electrons. The average molecular weight is 556 g/mol. The minimum atomic E-state index is -1.08. The topological polar surface area (TPSA) is 118 Å². The van der Waals surface area contributed by atoms with Crippen molar-refractivity contribution in [3.63, 3.8) is 0 Å². The van der Waals surface area contributed by atoms with E-state index in [1.807, 2.05) is 53.7 Å². The van der Waals surface area contributed by atoms with Gasteiger partial charge in [-0.1, -0.05) is 38.3 Å². The molecule has 9 nitrogen and oxygen atoms in total. The van der Waals surface area contributed by atoms with Gasteiger partial charge in [-0.05, 0) is 75.6 Å². The lowest BCUT2D eigenvalue weighted by Gasteiger charge is -2.30. The summed E-state index contributed by atoms with van der Waals surface area (Å²) in [5.74, 6) is -0.600. The van der Waals surface area contributed by atoms with Crippen LogP contribution in [0.25, 0.3) is 0 Å². The minimum absolute atomic E-state index is 0.0559. The van der Waals surface area contributed by atoms with Crippen LogP contribution in [0, 0.1) is 25.7 Å². The first-order valence-electron chi connectivity index (χ1n) is 14.7. The van der Waals surface area contributed by atoms with Crippen LogP contribution in [0.3, 0.4) is 0 Å². The first-order valence-corrected chi connectivity index (χ1v) is 14.7. The van der Waals surface area contributed by atoms with Crippen LogP contribution in [0.4, 0.5) is 0 Å². The van der Waals surface area contributed by atoms with Gasteiger partial charge in [-0.15, -0.1) is 0 Å². The number of amides is 2. The third-order valence-corrected chi connectivity index (χ3v) is 8.40. The molecule has 0 unspecified atom stereocenters. The molecule has 40 heavy (non-hydrogen) atoms. The Bertz CT molecular complexity index is 1130. The molecule has 1 aliphatic carbocycles. The summed E-state index contributed by atoms with van der Waals surface area (Å²) >= 11 is 0. The van der Waals surface area contributed by atoms with E-state index in [0.717, 1.165) is 53.8 Å². The molecule has 2 heterocycles. The zero-order chi connectivity index (χ0) is 29.2. The molecule has 0 aromatic heterocycles. The van der Waals surface area contributed by atoms with Gasteiger partial charge in [-0.25, -0.2) is 4.79 Å². The van der Waals surface area contributed by atoms with E-state index in [4.69, 9.17) is 9.57 Å². The monoisotopic (exact) mass is 555 g/mol. The molecular weight excluding hydrogens is 510 g/mol. The Morgan fingerprint density at radius 2 is 1.77 bits per heavy atom. The lowest BCUT2D eigenvalue weighted by molar-refractivity contribution is -0.150. The summed E-state index contributed by atoms with van der Waals surface area (Å²) in [4.78, 5) is 46.3. The molecule has 3 aliphatic rings. The molecule has 2 fully saturated rings. The Labute approximate surface area is 237 Å². The lowest BCUT2D eigenvalue weighted by Crippen LogP contribution is -2.54. The minimum Gasteiger partial charge on any atom is -0.490 e. The van der Waals surface area contributed by atoms with Gasteiger partial charge in [0.05, 0.1) is 18.4 Å². The number of ether oxygens (including phenoxy) is 1. The van der Waals surface area contributed by atoms with Crippen molar-refractivity contribution in [1.82, 2.24) is 10.2 Å². The number of nitrogens with zero attached hydrogens (tertiary/aromatic N) is 2. The normalized spacial score (nSPS) is 23.9. The number of carboxylic acids is 1. The highest BCUT2D eigenvalue weighted by atomic mass is 16.7. The second-order valence-corrected chi connectivity index (χ2v) is 12.6. The standard InChI is InChI=1S/C31H45N3O6/c1-18(2)27(32-26(35)14-22-10-8-7-9-11-22)29(36)34-17-31(16-25(34)30(37)38)15-24(33-40-31)23-12-20(5)28(21(6)13-23)39-19(3)4/h12-13,18-19,22,25,27H,7-11,14-17H2,1-6H3,(H,32,35)(H,37,38)/t25-,27-,31+/m0/s1. The molecule has 2 N–H and O–H groups in total. The first kappa shape index (κ1) is 29.9. The predicted octanol–water partition coefficient (Wildman–Crippen LogP) is 4.75. The summed E-state index contributed by atoms with van der Waals surface area (Å²) < 4.78 is 5.97. The van der Waals surface area contributed by atoms with Gasteiger partial charge in [0.1, 0.15) is 17.8 Å². The summed E-state index contributed by atoms with van der Waals surface area (Å²) in [7, 11) is 0. The van der Waals surface area contributed by atoms with E-state index in [9.17, 15) is 19.5 Å². The lowest BCUT2D eigenvalue weighted by atomic mass is 9.86. The first-order chi connectivity index (χ1) is 18.9. The highest BCUT2D eigenvalue weighted by Crippen LogP contribution is 2.40. The van der Waals surface area contributed by atoms with E-state index in [0.29, 0.717) is 18.8 Å². The van der Waals surface area contributed by atoms with E-state index in [-0.39, 0.29) is 36.8 Å². The average Bonchev–Trinajstić information content (AvgIpc) is 3.48. The number of carboxylic acid groups (broad SMARTS) is 1. The smallest absolute Gasteiger partial charge is 0.326 e. The Kier molecular flexibility index (Phi) is 9.10. The zero-order valence-electron chi connectivity index (χ0n) is 24.8. The molecule has 220 valence electrons. The largest absolute Gasteiger partial charge is 0.490 e. The van der Waals surface area contributed by atoms with Crippen LogP contribution < -0.4 is 10.1 Å². The van der Waals surface area contributed by atoms with Crippen LogP contribution in [0.5, 0.6) is 5.75 Å². The van der Waals surface area contributed by atoms with E-state index in [1.54, 1.807) is 0 Å². The number of aliphatic carboxylic acids is 1. The van der Waals surface area contributed by atoms with Crippen LogP contribution >= 0.6 is 0 Å². The fourth-order valence-electron chi connectivity index (χ4n) is 6.39. The summed E-state index contributed by atoms with van der Waals surface area (Å²) in [6, 6.07) is 2.17. The van der Waals surface area contributed by atoms with Crippen molar-refractivity contribution in [1.29, 1.82) is 0 Å². The maximum absolute atomic E-state index is 13.8. The van der Waals surface area contributed by atoms with Gasteiger partial charge in [0.25, 0.3) is 0 Å². The van der Waals surface area contributed by atoms with Gasteiger partial charge in [-0.3, -0.25) is 9.59 Å². The molecule has 1 aromatic carbocycles. The van der Waals surface area contributed by atoms with E-state index < -0.39 is 23.7 Å². The maximum atomic E-state index is 13.8. The van der Waals surface area contributed by atoms with Gasteiger partial charge < -0.3 is 24.9 Å². The molecule has 2 amide bonds. The molecule has 9 heteroatoms. The van der Waals surface area contributed by atoms with Crippen molar-refractivity contribution in [3.8, 4) is 5.75 Å². The van der Waals surface area contributed by atoms with E-state index in [1.165, 1.54) is 11.3 Å². The summed E-state index contributed by atoms with van der Waals surface area (Å²) in [6.45, 7) is 11.8. The molecule has 1 saturated carbocycles. The quantitative estimate of drug-likeness (QED) is 0.454. The zero-order valence-corrected chi connectivity index (χ0v) is 24.8. The van der Waals surface area contributed by atoms with Crippen molar-refractivity contribution in [2.75, 3.05) is 6.54 Å². The second-order valence-electron chi connectivity index (χ2n) is 12.6. The number of carbonyl (C=O) groups excluding carboxylic acids is 2. The highest BCUT2D eigenvalue weighted by molar-refractivity contribution is 6.02. The van der Waals surface area contributed by atoms with Crippen LogP contribution in [0.2, 0.25) is 0 Å². The SMILES string of the molecule is Cc1cc(C2=NO[C@]3(C2)C[C@@H](C(=O)O)N(C(=O)[C@@H](NC(=O)CC2CCCCC2)C(C)C)C3)cc(C)c1OC(C)C. The van der Waals surface area contributed by atoms with Crippen molar-refractivity contribution < 1.29 is 29.1 Å². The summed E-state index contributed by atoms with van der Waals surface area (Å²) in [6.07, 6.45) is 6.55. The number of rotatable bonds is 9. The molecule has 1 aromatic rings. The van der Waals surface area contributed by atoms with Crippen molar-refractivity contribution in [2.24, 2.45) is 17.0 Å². The molecule has 4 rings (SSSR count). The number of benzene rings is 1. The Morgan fingerprint density at radius 1 is 1.12 bits per heavy atom. The van der Waals surface area contributed by atoms with Gasteiger partial charge in [0.15, 0.2) is 5.60 Å². The van der Waals surface area contributed by atoms with Crippen LogP contribution in [0.15, 0.2) is 17.3 Å². The Balaban J connectivity index is 1.48. The third-order valence-electron chi connectivity index (χ3n) is 8.40. The van der Waals surface area contributed by atoms with Crippen LogP contribution in [-0.4, -0.2) is 63.8 Å². The third kappa shape index (κ3) is 6.61. The molecule has 3 atom stereocenters. The fourth-order valence-corrected chi connectivity index (χ4v) is 6.39. The number of aryl methyl sites for hydroxylation is 2. The van der Waals surface area contributed by atoms with Gasteiger partial charge in [-0.2, -0.15) is 0 Å². The Hall–Kier alpha value is -3.10. The fraction of sp³-hybridized carbons (Fsp3) is 0.677. The number of hydrogen-bond donors (Lipinski definition) is 2. The second kappa shape index (κ2) is 12.2. The van der Waals surface area contributed by atoms with Crippen molar-refractivity contribution in [2.45, 2.75) is 117 Å². The number of carbonyl (C=O) groups is 3. The van der Waals surface area contributed by atoms with Gasteiger partial charge in [0, 0.05) is 24.8 Å². The van der Waals surface area contributed by atoms with Crippen molar-refractivity contribution >= 4 is 23.5 Å². The molecule has 1 saturated heterocycles. The molecule has 0 bridgehead atoms. The van der Waals surface area contributed by atoms with Crippen LogP contribution in [-0.2, 0) is 19.2 Å². The molecular formula is C31H45N3O6. The highest BCUT2D eigenvalue weighted by Gasteiger charge is 2.55.